The molecule has 4 nitrogen and oxygen atoms in total. The van der Waals surface area contributed by atoms with Gasteiger partial charge in [0.25, 0.3) is 0 Å². The Morgan fingerprint density at radius 2 is 2.27 bits per heavy atom. The van der Waals surface area contributed by atoms with Gasteiger partial charge in [-0.3, -0.25) is 9.20 Å². The summed E-state index contributed by atoms with van der Waals surface area (Å²) in [5.74, 6) is 0.436. The van der Waals surface area contributed by atoms with E-state index in [1.807, 2.05) is 47.1 Å². The first-order chi connectivity index (χ1) is 10.6. The van der Waals surface area contributed by atoms with Crippen molar-refractivity contribution >= 4 is 46.1 Å². The molecule has 1 amide bonds. The number of halogens is 1. The number of aromatic nitrogens is 2. The highest BCUT2D eigenvalue weighted by molar-refractivity contribution is 7.99. The molecule has 7 heteroatoms. The number of carbonyl (C=O) groups is 1. The zero-order valence-electron chi connectivity index (χ0n) is 11.9. The van der Waals surface area contributed by atoms with Gasteiger partial charge in [0.05, 0.1) is 28.3 Å². The Hall–Kier alpha value is -1.50. The lowest BCUT2D eigenvalue weighted by atomic mass is 10.4. The molecular weight excluding hydrogens is 338 g/mol. The molecule has 0 bridgehead atoms. The Morgan fingerprint density at radius 3 is 3.05 bits per heavy atom. The van der Waals surface area contributed by atoms with Crippen molar-refractivity contribution in [3.63, 3.8) is 0 Å². The van der Waals surface area contributed by atoms with Gasteiger partial charge in [-0.15, -0.1) is 11.3 Å². The van der Waals surface area contributed by atoms with Crippen molar-refractivity contribution in [1.29, 1.82) is 0 Å². The molecule has 0 aliphatic carbocycles. The van der Waals surface area contributed by atoms with Crippen molar-refractivity contribution in [3.05, 3.63) is 51.9 Å². The van der Waals surface area contributed by atoms with Crippen molar-refractivity contribution < 1.29 is 4.79 Å². The van der Waals surface area contributed by atoms with E-state index in [0.717, 1.165) is 19.9 Å². The lowest BCUT2D eigenvalue weighted by Crippen LogP contribution is -2.27. The number of imidazole rings is 1. The van der Waals surface area contributed by atoms with E-state index >= 15 is 0 Å². The zero-order chi connectivity index (χ0) is 15.5. The van der Waals surface area contributed by atoms with Gasteiger partial charge in [-0.25, -0.2) is 4.98 Å². The van der Waals surface area contributed by atoms with Crippen molar-refractivity contribution in [2.45, 2.75) is 11.7 Å². The summed E-state index contributed by atoms with van der Waals surface area (Å²) in [5.41, 5.74) is 1.03. The summed E-state index contributed by atoms with van der Waals surface area (Å²) in [4.78, 5) is 19.4. The lowest BCUT2D eigenvalue weighted by Gasteiger charge is -2.15. The topological polar surface area (TPSA) is 37.6 Å². The fraction of sp³-hybridized carbons (Fsp3) is 0.200. The maximum atomic E-state index is 12.2. The number of hydrogen-bond donors (Lipinski definition) is 0. The standard InChI is InChI=1S/C15H14ClN3OS2/c1-18(9-12-5-6-13(16)22-12)14(20)10-21-15-17-8-11-4-2-3-7-19(11)15/h2-8H,9-10H2,1H3. The number of carbonyl (C=O) groups excluding carboxylic acids is 1. The van der Waals surface area contributed by atoms with E-state index in [0.29, 0.717) is 12.3 Å². The number of nitrogens with zero attached hydrogens (tertiary/aromatic N) is 3. The second-order valence-electron chi connectivity index (χ2n) is 4.78. The van der Waals surface area contributed by atoms with Gasteiger partial charge in [-0.2, -0.15) is 0 Å². The Balaban J connectivity index is 1.59. The Bertz CT molecular complexity index is 799. The molecule has 3 heterocycles. The first-order valence-electron chi connectivity index (χ1n) is 6.66. The van der Waals surface area contributed by atoms with Gasteiger partial charge >= 0.3 is 0 Å². The molecule has 0 fully saturated rings. The summed E-state index contributed by atoms with van der Waals surface area (Å²) < 4.78 is 2.73. The number of thioether (sulfide) groups is 1. The van der Waals surface area contributed by atoms with Gasteiger partial charge in [0.15, 0.2) is 5.16 Å². The zero-order valence-corrected chi connectivity index (χ0v) is 14.3. The van der Waals surface area contributed by atoms with E-state index in [2.05, 4.69) is 4.98 Å². The van der Waals surface area contributed by atoms with E-state index in [-0.39, 0.29) is 5.91 Å². The number of hydrogen-bond acceptors (Lipinski definition) is 4. The molecule has 3 aromatic rings. The number of rotatable bonds is 5. The average Bonchev–Trinajstić information content (AvgIpc) is 3.11. The SMILES string of the molecule is CN(Cc1ccc(Cl)s1)C(=O)CSc1ncc2ccccn12. The highest BCUT2D eigenvalue weighted by Crippen LogP contribution is 2.23. The minimum atomic E-state index is 0.0715. The quantitative estimate of drug-likeness (QED) is 0.656. The second kappa shape index (κ2) is 6.73. The highest BCUT2D eigenvalue weighted by atomic mass is 35.5. The first-order valence-corrected chi connectivity index (χ1v) is 8.84. The summed E-state index contributed by atoms with van der Waals surface area (Å²) in [6.07, 6.45) is 3.76. The molecule has 3 aromatic heterocycles. The van der Waals surface area contributed by atoms with Crippen LogP contribution in [0.25, 0.3) is 5.52 Å². The first kappa shape index (κ1) is 15.4. The van der Waals surface area contributed by atoms with Crippen molar-refractivity contribution in [2.75, 3.05) is 12.8 Å². The third kappa shape index (κ3) is 3.45. The Kier molecular flexibility index (Phi) is 4.71. The summed E-state index contributed by atoms with van der Waals surface area (Å²) in [6, 6.07) is 9.71. The van der Waals surface area contributed by atoms with Gasteiger partial charge in [-0.1, -0.05) is 29.4 Å². The molecule has 0 aliphatic heterocycles. The van der Waals surface area contributed by atoms with Crippen molar-refractivity contribution in [2.24, 2.45) is 0 Å². The van der Waals surface area contributed by atoms with Gasteiger partial charge in [-0.05, 0) is 24.3 Å². The predicted octanol–water partition coefficient (Wildman–Crippen LogP) is 3.80. The lowest BCUT2D eigenvalue weighted by molar-refractivity contribution is -0.127. The minimum absolute atomic E-state index is 0.0715. The predicted molar refractivity (Wildman–Crippen MR) is 91.7 cm³/mol. The molecule has 0 saturated carbocycles. The summed E-state index contributed by atoms with van der Waals surface area (Å²) >= 11 is 8.85. The van der Waals surface area contributed by atoms with E-state index in [4.69, 9.17) is 11.6 Å². The number of pyridine rings is 1. The molecule has 0 saturated heterocycles. The van der Waals surface area contributed by atoms with Crippen LogP contribution < -0.4 is 0 Å². The fourth-order valence-electron chi connectivity index (χ4n) is 2.02. The largest absolute Gasteiger partial charge is 0.340 e. The van der Waals surface area contributed by atoms with Crippen LogP contribution >= 0.6 is 34.7 Å². The molecular formula is C15H14ClN3OS2. The summed E-state index contributed by atoms with van der Waals surface area (Å²) in [6.45, 7) is 0.582. The molecule has 0 aliphatic rings. The van der Waals surface area contributed by atoms with Crippen LogP contribution in [-0.4, -0.2) is 33.0 Å². The van der Waals surface area contributed by atoms with Crippen LogP contribution in [0.4, 0.5) is 0 Å². The van der Waals surface area contributed by atoms with Crippen LogP contribution in [0, 0.1) is 0 Å². The minimum Gasteiger partial charge on any atom is -0.340 e. The van der Waals surface area contributed by atoms with Crippen LogP contribution in [0.15, 0.2) is 47.9 Å². The molecule has 0 radical (unpaired) electrons. The van der Waals surface area contributed by atoms with Gasteiger partial charge in [0, 0.05) is 18.1 Å². The summed E-state index contributed by atoms with van der Waals surface area (Å²) in [5, 5.41) is 0.830. The smallest absolute Gasteiger partial charge is 0.233 e. The Labute approximate surface area is 141 Å². The van der Waals surface area contributed by atoms with Crippen molar-refractivity contribution in [3.8, 4) is 0 Å². The molecule has 0 atom stereocenters. The van der Waals surface area contributed by atoms with Crippen LogP contribution in [-0.2, 0) is 11.3 Å². The fourth-order valence-corrected chi connectivity index (χ4v) is 4.07. The number of amides is 1. The second-order valence-corrected chi connectivity index (χ2v) is 7.52. The third-order valence-corrected chi connectivity index (χ3v) is 5.34. The molecule has 0 unspecified atom stereocenters. The molecule has 0 aromatic carbocycles. The van der Waals surface area contributed by atoms with Gasteiger partial charge < -0.3 is 4.90 Å². The van der Waals surface area contributed by atoms with E-state index < -0.39 is 0 Å². The normalized spacial score (nSPS) is 11.0. The molecule has 3 rings (SSSR count). The van der Waals surface area contributed by atoms with Gasteiger partial charge in [0.2, 0.25) is 5.91 Å². The maximum absolute atomic E-state index is 12.2. The third-order valence-electron chi connectivity index (χ3n) is 3.18. The maximum Gasteiger partial charge on any atom is 0.233 e. The van der Waals surface area contributed by atoms with E-state index in [9.17, 15) is 4.79 Å². The van der Waals surface area contributed by atoms with E-state index in [1.165, 1.54) is 23.1 Å². The van der Waals surface area contributed by atoms with Gasteiger partial charge in [0.1, 0.15) is 0 Å². The number of fused-ring (bicyclic) bond motifs is 1. The monoisotopic (exact) mass is 351 g/mol. The van der Waals surface area contributed by atoms with Crippen LogP contribution in [0.1, 0.15) is 4.88 Å². The summed E-state index contributed by atoms with van der Waals surface area (Å²) in [7, 11) is 1.81. The Morgan fingerprint density at radius 1 is 1.41 bits per heavy atom. The van der Waals surface area contributed by atoms with Crippen LogP contribution in [0.2, 0.25) is 4.34 Å². The highest BCUT2D eigenvalue weighted by Gasteiger charge is 2.13. The average molecular weight is 352 g/mol. The molecule has 0 N–H and O–H groups in total. The molecule has 0 spiro atoms. The van der Waals surface area contributed by atoms with Crippen LogP contribution in [0.5, 0.6) is 0 Å². The number of thiophene rings is 1. The van der Waals surface area contributed by atoms with Crippen molar-refractivity contribution in [1.82, 2.24) is 14.3 Å². The molecule has 22 heavy (non-hydrogen) atoms. The van der Waals surface area contributed by atoms with Crippen LogP contribution in [0.3, 0.4) is 0 Å². The molecule has 114 valence electrons. The van der Waals surface area contributed by atoms with E-state index in [1.54, 1.807) is 11.9 Å².